The Hall–Kier alpha value is -3.66. The van der Waals surface area contributed by atoms with Gasteiger partial charge in [-0.05, 0) is 46.5 Å². The van der Waals surface area contributed by atoms with Gasteiger partial charge >= 0.3 is 0 Å². The van der Waals surface area contributed by atoms with Gasteiger partial charge in [0, 0.05) is 33.7 Å². The molecule has 6 rings (SSSR count). The van der Waals surface area contributed by atoms with Crippen LogP contribution >= 0.6 is 0 Å². The van der Waals surface area contributed by atoms with E-state index in [0.717, 1.165) is 45.6 Å². The monoisotopic (exact) mass is 564 g/mol. The Morgan fingerprint density at radius 3 is 1.24 bits per heavy atom. The van der Waals surface area contributed by atoms with Crippen molar-refractivity contribution in [3.63, 3.8) is 0 Å². The Morgan fingerprint density at radius 1 is 0.429 bits per heavy atom. The van der Waals surface area contributed by atoms with Crippen LogP contribution in [0.1, 0.15) is 90.9 Å². The van der Waals surface area contributed by atoms with E-state index in [9.17, 15) is 0 Å². The van der Waals surface area contributed by atoms with E-state index < -0.39 is 0 Å². The largest absolute Gasteiger partial charge is 0.465 e. The Bertz CT molecular complexity index is 1640. The number of rotatable bonds is 16. The van der Waals surface area contributed by atoms with Crippen molar-refractivity contribution in [2.75, 3.05) is 13.2 Å². The second-order valence-corrected chi connectivity index (χ2v) is 11.7. The van der Waals surface area contributed by atoms with Gasteiger partial charge in [0.2, 0.25) is 0 Å². The summed E-state index contributed by atoms with van der Waals surface area (Å²) in [5, 5.41) is 9.15. The molecule has 6 aromatic rings. The van der Waals surface area contributed by atoms with Gasteiger partial charge in [-0.3, -0.25) is 0 Å². The third-order valence-electron chi connectivity index (χ3n) is 8.59. The van der Waals surface area contributed by atoms with Crippen molar-refractivity contribution in [2.45, 2.75) is 90.9 Å². The van der Waals surface area contributed by atoms with E-state index in [0.29, 0.717) is 25.1 Å². The molecule has 0 amide bonds. The summed E-state index contributed by atoms with van der Waals surface area (Å²) in [6.45, 7) is 5.90. The Kier molecular flexibility index (Phi) is 9.18. The van der Waals surface area contributed by atoms with Crippen LogP contribution in [0.2, 0.25) is 0 Å². The van der Waals surface area contributed by atoms with E-state index in [1.165, 1.54) is 85.8 Å². The van der Waals surface area contributed by atoms with Gasteiger partial charge in [-0.15, -0.1) is 0 Å². The number of hydrogen-bond acceptors (Lipinski definition) is 4. The molecule has 0 N–H and O–H groups in total. The molecule has 0 aliphatic heterocycles. The molecule has 0 aliphatic carbocycles. The maximum Gasteiger partial charge on any atom is 0.285 e. The van der Waals surface area contributed by atoms with Crippen molar-refractivity contribution in [3.8, 4) is 11.9 Å². The van der Waals surface area contributed by atoms with Crippen molar-refractivity contribution >= 4 is 54.3 Å². The van der Waals surface area contributed by atoms with E-state index in [1.54, 1.807) is 0 Å². The number of unbranched alkanes of at least 4 members (excludes halogenated alkanes) is 10. The number of benzene rings is 4. The highest BCUT2D eigenvalue weighted by molar-refractivity contribution is 6.23. The lowest BCUT2D eigenvalue weighted by atomic mass is 9.96. The zero-order chi connectivity index (χ0) is 28.7. The fourth-order valence-corrected chi connectivity index (χ4v) is 6.24. The summed E-state index contributed by atoms with van der Waals surface area (Å²) in [5.74, 6) is 1.22. The van der Waals surface area contributed by atoms with Crippen LogP contribution in [0.4, 0.5) is 0 Å². The van der Waals surface area contributed by atoms with Crippen LogP contribution in [-0.4, -0.2) is 13.2 Å². The summed E-state index contributed by atoms with van der Waals surface area (Å²) in [5.41, 5.74) is 1.78. The number of hydrogen-bond donors (Lipinski definition) is 0. The number of furan rings is 2. The van der Waals surface area contributed by atoms with Gasteiger partial charge in [-0.25, -0.2) is 0 Å². The molecule has 0 saturated heterocycles. The lowest BCUT2D eigenvalue weighted by Gasteiger charge is -2.08. The molecule has 220 valence electrons. The van der Waals surface area contributed by atoms with Crippen LogP contribution in [0.3, 0.4) is 0 Å². The highest BCUT2D eigenvalue weighted by Crippen LogP contribution is 2.39. The molecule has 4 aromatic carbocycles. The molecule has 0 saturated carbocycles. The predicted octanol–water partition coefficient (Wildman–Crippen LogP) is 12.1. The molecule has 4 nitrogen and oxygen atoms in total. The molecule has 0 radical (unpaired) electrons. The molecule has 2 aromatic heterocycles. The molecular weight excluding hydrogens is 520 g/mol. The highest BCUT2D eigenvalue weighted by Gasteiger charge is 2.14. The molecule has 2 heterocycles. The molecule has 4 heteroatoms. The van der Waals surface area contributed by atoms with Gasteiger partial charge in [0.1, 0.15) is 11.2 Å². The number of ether oxygens (including phenoxy) is 2. The van der Waals surface area contributed by atoms with E-state index >= 15 is 0 Å². The average molecular weight is 565 g/mol. The van der Waals surface area contributed by atoms with Gasteiger partial charge in [0.25, 0.3) is 11.9 Å². The SMILES string of the molecule is CCCCCCCCOc1cc2ccc3c4ccc5c(ccc6cc(OCCCCCCCC)oc65)c4ccc3c2o1. The lowest BCUT2D eigenvalue weighted by Crippen LogP contribution is -1.95. The lowest BCUT2D eigenvalue weighted by molar-refractivity contribution is 0.242. The zero-order valence-electron chi connectivity index (χ0n) is 25.3. The second-order valence-electron chi connectivity index (χ2n) is 11.7. The molecule has 0 fully saturated rings. The summed E-state index contributed by atoms with van der Waals surface area (Å²) in [6, 6.07) is 21.5. The first kappa shape index (κ1) is 28.5. The predicted molar refractivity (Wildman–Crippen MR) is 176 cm³/mol. The standard InChI is InChI=1S/C38H44O4/c1-3-5-7-9-11-13-23-39-35-25-27-15-17-31-29-20-22-34-32(30(29)19-21-33(31)37(27)41-35)18-16-28-26-36(42-38(28)34)40-24-14-12-10-8-6-4-2/h15-22,25-26H,3-14,23-24H2,1-2H3. The Balaban J connectivity index is 1.21. The third kappa shape index (κ3) is 6.09. The number of fused-ring (bicyclic) bond motifs is 9. The molecule has 0 spiro atoms. The highest BCUT2D eigenvalue weighted by atomic mass is 16.6. The summed E-state index contributed by atoms with van der Waals surface area (Å²) >= 11 is 0. The van der Waals surface area contributed by atoms with Gasteiger partial charge in [-0.2, -0.15) is 0 Å². The van der Waals surface area contributed by atoms with Gasteiger partial charge in [-0.1, -0.05) is 114 Å². The molecule has 0 unspecified atom stereocenters. The normalized spacial score (nSPS) is 12.0. The van der Waals surface area contributed by atoms with Gasteiger partial charge < -0.3 is 18.3 Å². The maximum atomic E-state index is 6.24. The van der Waals surface area contributed by atoms with E-state index in [1.807, 2.05) is 12.1 Å². The van der Waals surface area contributed by atoms with Crippen molar-refractivity contribution in [2.24, 2.45) is 0 Å². The zero-order valence-corrected chi connectivity index (χ0v) is 25.3. The molecule has 0 atom stereocenters. The molecule has 0 bridgehead atoms. The first-order valence-corrected chi connectivity index (χ1v) is 16.3. The smallest absolute Gasteiger partial charge is 0.285 e. The first-order chi connectivity index (χ1) is 20.8. The van der Waals surface area contributed by atoms with Gasteiger partial charge in [0.05, 0.1) is 13.2 Å². The van der Waals surface area contributed by atoms with Crippen LogP contribution < -0.4 is 9.47 Å². The average Bonchev–Trinajstić information content (AvgIpc) is 3.63. The fourth-order valence-electron chi connectivity index (χ4n) is 6.24. The second kappa shape index (κ2) is 13.5. The van der Waals surface area contributed by atoms with Crippen LogP contribution in [0, 0.1) is 0 Å². The summed E-state index contributed by atoms with van der Waals surface area (Å²) in [6.07, 6.45) is 14.9. The van der Waals surface area contributed by atoms with Crippen LogP contribution in [-0.2, 0) is 0 Å². The van der Waals surface area contributed by atoms with Crippen LogP contribution in [0.25, 0.3) is 54.3 Å². The van der Waals surface area contributed by atoms with Crippen molar-refractivity contribution in [1.29, 1.82) is 0 Å². The minimum absolute atomic E-state index is 0.611. The topological polar surface area (TPSA) is 44.7 Å². The minimum atomic E-state index is 0.611. The molecular formula is C38H44O4. The van der Waals surface area contributed by atoms with Crippen LogP contribution in [0.5, 0.6) is 11.9 Å². The van der Waals surface area contributed by atoms with Crippen molar-refractivity contribution in [1.82, 2.24) is 0 Å². The molecule has 42 heavy (non-hydrogen) atoms. The van der Waals surface area contributed by atoms with Crippen molar-refractivity contribution < 1.29 is 18.3 Å². The molecule has 0 aliphatic rings. The van der Waals surface area contributed by atoms with E-state index in [-0.39, 0.29) is 0 Å². The van der Waals surface area contributed by atoms with E-state index in [2.05, 4.69) is 62.4 Å². The summed E-state index contributed by atoms with van der Waals surface area (Å²) < 4.78 is 24.5. The van der Waals surface area contributed by atoms with E-state index in [4.69, 9.17) is 18.3 Å². The summed E-state index contributed by atoms with van der Waals surface area (Å²) in [7, 11) is 0. The van der Waals surface area contributed by atoms with Gasteiger partial charge in [0.15, 0.2) is 0 Å². The van der Waals surface area contributed by atoms with Crippen LogP contribution in [0.15, 0.2) is 69.5 Å². The fraction of sp³-hybridized carbons (Fsp3) is 0.421. The third-order valence-corrected chi connectivity index (χ3v) is 8.59. The Morgan fingerprint density at radius 2 is 0.786 bits per heavy atom. The maximum absolute atomic E-state index is 6.24. The quantitative estimate of drug-likeness (QED) is 0.0866. The minimum Gasteiger partial charge on any atom is -0.465 e. The van der Waals surface area contributed by atoms with Crippen molar-refractivity contribution in [3.05, 3.63) is 60.7 Å². The summed E-state index contributed by atoms with van der Waals surface area (Å²) in [4.78, 5) is 0. The Labute approximate surface area is 248 Å². The first-order valence-electron chi connectivity index (χ1n) is 16.3.